The monoisotopic (exact) mass is 417 g/mol. The number of hydrogen-bond donors (Lipinski definition) is 1. The summed E-state index contributed by atoms with van der Waals surface area (Å²) in [6, 6.07) is 7.69. The Kier molecular flexibility index (Phi) is 9.56. The van der Waals surface area contributed by atoms with Gasteiger partial charge in [0.2, 0.25) is 0 Å². The van der Waals surface area contributed by atoms with E-state index in [1.54, 1.807) is 7.05 Å². The summed E-state index contributed by atoms with van der Waals surface area (Å²) in [6.45, 7) is 4.00. The molecule has 18 heavy (non-hydrogen) atoms. The normalized spacial score (nSPS) is 8.44. The molecule has 1 aromatic heterocycles. The number of carbonyl (C=O) groups is 1. The minimum Gasteiger partial charge on any atom is -0.358 e. The molecule has 0 unspecified atom stereocenters. The van der Waals surface area contributed by atoms with Crippen LogP contribution in [0.2, 0.25) is 0 Å². The predicted molar refractivity (Wildman–Crippen MR) is 74.1 cm³/mol. The predicted octanol–water partition coefficient (Wildman–Crippen LogP) is 3.01. The minimum atomic E-state index is -0.0456. The van der Waals surface area contributed by atoms with Gasteiger partial charge >= 0.3 is 0 Å². The Morgan fingerprint density at radius 3 is 2.39 bits per heavy atom. The van der Waals surface area contributed by atoms with Gasteiger partial charge < -0.3 is 17.3 Å². The Bertz CT molecular complexity index is 491. The maximum Gasteiger partial charge on any atom is 0.251 e. The van der Waals surface area contributed by atoms with Crippen LogP contribution in [0.15, 0.2) is 30.5 Å². The maximum atomic E-state index is 11.3. The molecule has 1 amide bonds. The zero-order chi connectivity index (χ0) is 12.1. The van der Waals surface area contributed by atoms with Crippen molar-refractivity contribution in [2.24, 2.45) is 7.05 Å². The number of aromatic nitrogens is 1. The van der Waals surface area contributed by atoms with Gasteiger partial charge in [-0.15, -0.1) is 0 Å². The topological polar surface area (TPSA) is 34.0 Å². The molecule has 0 fully saturated rings. The second kappa shape index (κ2) is 8.93. The Morgan fingerprint density at radius 2 is 1.83 bits per heavy atom. The van der Waals surface area contributed by atoms with Gasteiger partial charge in [0.25, 0.3) is 5.91 Å². The van der Waals surface area contributed by atoms with Crippen molar-refractivity contribution in [1.82, 2.24) is 9.88 Å². The molecule has 2 rings (SSSR count). The summed E-state index contributed by atoms with van der Waals surface area (Å²) in [5.41, 5.74) is 1.84. The van der Waals surface area contributed by atoms with E-state index in [0.717, 1.165) is 10.9 Å². The molecule has 4 heteroatoms. The number of nitrogens with one attached hydrogen (secondary N) is 1. The molecule has 1 N–H and O–H groups in total. The van der Waals surface area contributed by atoms with Crippen molar-refractivity contribution in [3.05, 3.63) is 43.5 Å². The number of aryl methyl sites for hydroxylation is 1. The summed E-state index contributed by atoms with van der Waals surface area (Å²) in [6.07, 6.45) is 1.98. The Hall–Kier alpha value is -1.08. The van der Waals surface area contributed by atoms with Crippen LogP contribution < -0.4 is 5.32 Å². The molecular weight excluding hydrogens is 396 g/mol. The van der Waals surface area contributed by atoms with Crippen LogP contribution >= 0.6 is 0 Å². The molecule has 0 aliphatic rings. The van der Waals surface area contributed by atoms with Crippen LogP contribution in [0.1, 0.15) is 24.2 Å². The number of hydrogen-bond acceptors (Lipinski definition) is 1. The molecule has 0 saturated carbocycles. The molecule has 0 saturated heterocycles. The summed E-state index contributed by atoms with van der Waals surface area (Å²) < 4.78 is 2.03. The zero-order valence-electron chi connectivity index (χ0n) is 11.7. The molecule has 3 nitrogen and oxygen atoms in total. The molecule has 0 atom stereocenters. The van der Waals surface area contributed by atoms with Gasteiger partial charge in [0, 0.05) is 57.8 Å². The fourth-order valence-electron chi connectivity index (χ4n) is 1.57. The smallest absolute Gasteiger partial charge is 0.251 e. The summed E-state index contributed by atoms with van der Waals surface area (Å²) in [5, 5.41) is 3.70. The van der Waals surface area contributed by atoms with Crippen molar-refractivity contribution in [3.63, 3.8) is 0 Å². The first-order chi connectivity index (χ1) is 7.72. The van der Waals surface area contributed by atoms with E-state index < -0.39 is 0 Å². The van der Waals surface area contributed by atoms with E-state index in [0.29, 0.717) is 5.56 Å². The second-order valence-corrected chi connectivity index (χ2v) is 3.28. The number of rotatable bonds is 1. The van der Waals surface area contributed by atoms with Crippen LogP contribution in [0.5, 0.6) is 0 Å². The molecule has 0 aliphatic carbocycles. The van der Waals surface area contributed by atoms with E-state index in [2.05, 4.69) is 5.32 Å². The Labute approximate surface area is 124 Å². The van der Waals surface area contributed by atoms with Gasteiger partial charge in [0.15, 0.2) is 0 Å². The third-order valence-corrected chi connectivity index (χ3v) is 2.37. The van der Waals surface area contributed by atoms with E-state index in [1.165, 1.54) is 0 Å². The van der Waals surface area contributed by atoms with Crippen LogP contribution in [-0.2, 0) is 28.1 Å². The number of nitrogens with zero attached hydrogens (tertiary/aromatic N) is 1. The zero-order valence-corrected chi connectivity index (χ0v) is 14.6. The van der Waals surface area contributed by atoms with Gasteiger partial charge in [-0.1, -0.05) is 13.8 Å². The van der Waals surface area contributed by atoms with Crippen molar-refractivity contribution in [2.75, 3.05) is 7.05 Å². The van der Waals surface area contributed by atoms with Gasteiger partial charge in [0.1, 0.15) is 0 Å². The van der Waals surface area contributed by atoms with E-state index >= 15 is 0 Å². The van der Waals surface area contributed by atoms with Crippen LogP contribution in [0.25, 0.3) is 10.9 Å². The van der Waals surface area contributed by atoms with E-state index in [9.17, 15) is 4.79 Å². The van der Waals surface area contributed by atoms with E-state index in [4.69, 9.17) is 0 Å². The van der Waals surface area contributed by atoms with Gasteiger partial charge in [-0.25, -0.2) is 0 Å². The van der Waals surface area contributed by atoms with Crippen LogP contribution in [0, 0.1) is 7.43 Å². The third-order valence-electron chi connectivity index (χ3n) is 2.37. The second-order valence-electron chi connectivity index (χ2n) is 3.28. The van der Waals surface area contributed by atoms with E-state index in [-0.39, 0.29) is 34.4 Å². The Balaban J connectivity index is 0. The van der Waals surface area contributed by atoms with Crippen molar-refractivity contribution in [2.45, 2.75) is 13.8 Å². The Morgan fingerprint density at radius 1 is 1.22 bits per heavy atom. The summed E-state index contributed by atoms with van der Waals surface area (Å²) in [4.78, 5) is 11.3. The molecule has 1 heterocycles. The van der Waals surface area contributed by atoms with E-state index in [1.807, 2.05) is 55.9 Å². The van der Waals surface area contributed by atoms with Crippen molar-refractivity contribution in [1.29, 1.82) is 0 Å². The van der Waals surface area contributed by atoms with Gasteiger partial charge in [-0.2, -0.15) is 0 Å². The minimum absolute atomic E-state index is 0. The molecular formula is C14H21N2OW-. The average Bonchev–Trinajstić information content (AvgIpc) is 2.72. The summed E-state index contributed by atoms with van der Waals surface area (Å²) in [5.74, 6) is -0.0456. The quantitative estimate of drug-likeness (QED) is 0.712. The number of amides is 1. The largest absolute Gasteiger partial charge is 0.358 e. The third kappa shape index (κ3) is 3.99. The first-order valence-electron chi connectivity index (χ1n) is 5.49. The number of carbonyl (C=O) groups excluding carboxylic acids is 1. The SMILES string of the molecule is CC.CNC(=O)c1ccc2c(ccn2C)c1.[CH3-].[W]. The number of benzene rings is 1. The van der Waals surface area contributed by atoms with Crippen molar-refractivity contribution in [3.8, 4) is 0 Å². The maximum absolute atomic E-state index is 11.3. The average molecular weight is 417 g/mol. The fraction of sp³-hybridized carbons (Fsp3) is 0.286. The van der Waals surface area contributed by atoms with Crippen LogP contribution in [0.3, 0.4) is 0 Å². The fourth-order valence-corrected chi connectivity index (χ4v) is 1.57. The van der Waals surface area contributed by atoms with Crippen molar-refractivity contribution < 1.29 is 25.9 Å². The molecule has 2 aromatic rings. The first kappa shape index (κ1) is 19.3. The van der Waals surface area contributed by atoms with Gasteiger partial charge in [0.05, 0.1) is 0 Å². The van der Waals surface area contributed by atoms with Gasteiger partial charge in [-0.05, 0) is 24.3 Å². The molecule has 0 aliphatic heterocycles. The summed E-state index contributed by atoms with van der Waals surface area (Å²) in [7, 11) is 3.62. The van der Waals surface area contributed by atoms with Crippen LogP contribution in [0.4, 0.5) is 0 Å². The van der Waals surface area contributed by atoms with Gasteiger partial charge in [-0.3, -0.25) is 4.79 Å². The molecule has 100 valence electrons. The molecule has 0 radical (unpaired) electrons. The van der Waals surface area contributed by atoms with Crippen LogP contribution in [-0.4, -0.2) is 17.5 Å². The standard InChI is InChI=1S/C11H12N2O.C2H6.CH3.W/c1-12-11(14)9-3-4-10-8(7-9)5-6-13(10)2;1-2;;/h3-7H,1-2H3,(H,12,14);1-2H3;1H3;/q;;-1;. The van der Waals surface area contributed by atoms with Crippen molar-refractivity contribution >= 4 is 16.8 Å². The molecule has 0 bridgehead atoms. The molecule has 0 spiro atoms. The molecule has 1 aromatic carbocycles. The first-order valence-corrected chi connectivity index (χ1v) is 5.49. The summed E-state index contributed by atoms with van der Waals surface area (Å²) >= 11 is 0. The number of fused-ring (bicyclic) bond motifs is 1.